The molecule has 1 aliphatic heterocycles. The van der Waals surface area contributed by atoms with Crippen LogP contribution in [0.4, 0.5) is 5.69 Å². The predicted molar refractivity (Wildman–Crippen MR) is 75.6 cm³/mol. The zero-order valence-corrected chi connectivity index (χ0v) is 11.1. The second-order valence-corrected chi connectivity index (χ2v) is 4.90. The number of para-hydroxylation sites is 1. The number of hydrogen-bond acceptors (Lipinski definition) is 4. The number of benzene rings is 1. The molecule has 0 unspecified atom stereocenters. The summed E-state index contributed by atoms with van der Waals surface area (Å²) in [4.78, 5) is 12.1. The number of aromatic nitrogens is 3. The van der Waals surface area contributed by atoms with Gasteiger partial charge in [0.15, 0.2) is 5.69 Å². The molecule has 0 saturated carbocycles. The molecule has 6 nitrogen and oxygen atoms in total. The minimum absolute atomic E-state index is 0.230. The van der Waals surface area contributed by atoms with E-state index in [9.17, 15) is 4.79 Å². The van der Waals surface area contributed by atoms with Crippen molar-refractivity contribution in [3.63, 3.8) is 0 Å². The molecule has 6 heteroatoms. The number of carbonyl (C=O) groups is 1. The van der Waals surface area contributed by atoms with Gasteiger partial charge in [-0.2, -0.15) is 0 Å². The minimum atomic E-state index is -0.230. The first-order valence-corrected chi connectivity index (χ1v) is 6.82. The van der Waals surface area contributed by atoms with Crippen molar-refractivity contribution in [2.45, 2.75) is 18.9 Å². The number of carbonyl (C=O) groups excluding carboxylic acids is 1. The molecule has 0 bridgehead atoms. The van der Waals surface area contributed by atoms with Gasteiger partial charge in [0, 0.05) is 12.2 Å². The van der Waals surface area contributed by atoms with Crippen molar-refractivity contribution in [2.24, 2.45) is 0 Å². The van der Waals surface area contributed by atoms with Gasteiger partial charge < -0.3 is 10.6 Å². The highest BCUT2D eigenvalue weighted by atomic mass is 16.2. The van der Waals surface area contributed by atoms with E-state index in [4.69, 9.17) is 0 Å². The highest BCUT2D eigenvalue weighted by Crippen LogP contribution is 2.15. The zero-order valence-electron chi connectivity index (χ0n) is 11.1. The highest BCUT2D eigenvalue weighted by molar-refractivity contribution is 6.02. The Balaban J connectivity index is 1.68. The van der Waals surface area contributed by atoms with Crippen LogP contribution in [0.5, 0.6) is 0 Å². The lowest BCUT2D eigenvalue weighted by atomic mass is 10.1. The van der Waals surface area contributed by atoms with Crippen molar-refractivity contribution in [1.82, 2.24) is 20.3 Å². The van der Waals surface area contributed by atoms with Gasteiger partial charge in [-0.15, -0.1) is 5.10 Å². The quantitative estimate of drug-likeness (QED) is 0.886. The Labute approximate surface area is 117 Å². The molecule has 104 valence electrons. The van der Waals surface area contributed by atoms with Crippen LogP contribution in [0.3, 0.4) is 0 Å². The first-order chi connectivity index (χ1) is 9.83. The van der Waals surface area contributed by atoms with E-state index in [1.54, 1.807) is 10.9 Å². The molecule has 20 heavy (non-hydrogen) atoms. The smallest absolute Gasteiger partial charge is 0.277 e. The molecule has 2 N–H and O–H groups in total. The number of amides is 1. The first kappa shape index (κ1) is 12.8. The first-order valence-electron chi connectivity index (χ1n) is 6.82. The molecular weight excluding hydrogens is 254 g/mol. The number of anilines is 1. The molecule has 1 saturated heterocycles. The highest BCUT2D eigenvalue weighted by Gasteiger charge is 2.18. The predicted octanol–water partition coefficient (Wildman–Crippen LogP) is 1.45. The molecule has 0 spiro atoms. The van der Waals surface area contributed by atoms with Crippen molar-refractivity contribution in [3.05, 3.63) is 42.2 Å². The molecule has 0 aliphatic carbocycles. The SMILES string of the molecule is O=C(Nc1ccccc1)c1cn([C@H]2CCCNC2)nn1. The Kier molecular flexibility index (Phi) is 3.73. The van der Waals surface area contributed by atoms with E-state index in [1.807, 2.05) is 30.3 Å². The Hall–Kier alpha value is -2.21. The van der Waals surface area contributed by atoms with Gasteiger partial charge in [0.2, 0.25) is 0 Å². The van der Waals surface area contributed by atoms with Crippen LogP contribution < -0.4 is 10.6 Å². The summed E-state index contributed by atoms with van der Waals surface area (Å²) < 4.78 is 1.78. The Bertz CT molecular complexity index is 574. The largest absolute Gasteiger partial charge is 0.321 e. The van der Waals surface area contributed by atoms with Gasteiger partial charge in [0.1, 0.15) is 0 Å². The van der Waals surface area contributed by atoms with Crippen molar-refractivity contribution >= 4 is 11.6 Å². The van der Waals surface area contributed by atoms with Gasteiger partial charge in [-0.25, -0.2) is 4.68 Å². The normalized spacial score (nSPS) is 18.7. The van der Waals surface area contributed by atoms with Crippen LogP contribution in [-0.2, 0) is 0 Å². The van der Waals surface area contributed by atoms with Crippen LogP contribution in [0.25, 0.3) is 0 Å². The summed E-state index contributed by atoms with van der Waals surface area (Å²) in [5.41, 5.74) is 1.10. The lowest BCUT2D eigenvalue weighted by molar-refractivity contribution is 0.102. The number of nitrogens with zero attached hydrogens (tertiary/aromatic N) is 3. The van der Waals surface area contributed by atoms with Crippen LogP contribution in [-0.4, -0.2) is 34.0 Å². The van der Waals surface area contributed by atoms with Crippen LogP contribution >= 0.6 is 0 Å². The van der Waals surface area contributed by atoms with Gasteiger partial charge in [-0.05, 0) is 31.5 Å². The maximum atomic E-state index is 12.1. The fourth-order valence-corrected chi connectivity index (χ4v) is 2.34. The fraction of sp³-hybridized carbons (Fsp3) is 0.357. The number of nitrogens with one attached hydrogen (secondary N) is 2. The van der Waals surface area contributed by atoms with E-state index >= 15 is 0 Å². The maximum absolute atomic E-state index is 12.1. The zero-order chi connectivity index (χ0) is 13.8. The monoisotopic (exact) mass is 271 g/mol. The van der Waals surface area contributed by atoms with E-state index in [-0.39, 0.29) is 11.9 Å². The van der Waals surface area contributed by atoms with E-state index in [2.05, 4.69) is 20.9 Å². The molecule has 2 aromatic rings. The standard InChI is InChI=1S/C14H17N5O/c20-14(16-11-5-2-1-3-6-11)13-10-19(18-17-13)12-7-4-8-15-9-12/h1-3,5-6,10,12,15H,4,7-9H2,(H,16,20)/t12-/m0/s1. The number of hydrogen-bond donors (Lipinski definition) is 2. The van der Waals surface area contributed by atoms with Crippen LogP contribution in [0.1, 0.15) is 29.4 Å². The van der Waals surface area contributed by atoms with Crippen molar-refractivity contribution in [3.8, 4) is 0 Å². The average molecular weight is 271 g/mol. The average Bonchev–Trinajstić information content (AvgIpc) is 2.99. The Morgan fingerprint density at radius 3 is 2.95 bits per heavy atom. The van der Waals surface area contributed by atoms with E-state index in [1.165, 1.54) is 0 Å². The summed E-state index contributed by atoms with van der Waals surface area (Å²) in [7, 11) is 0. The number of rotatable bonds is 3. The van der Waals surface area contributed by atoms with Gasteiger partial charge in [0.25, 0.3) is 5.91 Å². The maximum Gasteiger partial charge on any atom is 0.277 e. The molecule has 3 rings (SSSR count). The van der Waals surface area contributed by atoms with E-state index < -0.39 is 0 Å². The summed E-state index contributed by atoms with van der Waals surface area (Å²) in [6.07, 6.45) is 3.90. The third kappa shape index (κ3) is 2.85. The molecule has 1 atom stereocenters. The Morgan fingerprint density at radius 2 is 2.20 bits per heavy atom. The van der Waals surface area contributed by atoms with Gasteiger partial charge in [-0.1, -0.05) is 23.4 Å². The Morgan fingerprint density at radius 1 is 1.35 bits per heavy atom. The van der Waals surface area contributed by atoms with Gasteiger partial charge in [-0.3, -0.25) is 4.79 Å². The minimum Gasteiger partial charge on any atom is -0.321 e. The van der Waals surface area contributed by atoms with Crippen molar-refractivity contribution < 1.29 is 4.79 Å². The fourth-order valence-electron chi connectivity index (χ4n) is 2.34. The van der Waals surface area contributed by atoms with Crippen LogP contribution in [0.15, 0.2) is 36.5 Å². The second-order valence-electron chi connectivity index (χ2n) is 4.90. The molecule has 0 radical (unpaired) electrons. The molecule has 1 aromatic heterocycles. The van der Waals surface area contributed by atoms with Crippen LogP contribution in [0, 0.1) is 0 Å². The summed E-state index contributed by atoms with van der Waals surface area (Å²) in [6, 6.07) is 9.62. The molecule has 1 aliphatic rings. The van der Waals surface area contributed by atoms with E-state index in [0.717, 1.165) is 31.6 Å². The summed E-state index contributed by atoms with van der Waals surface area (Å²) in [6.45, 7) is 1.93. The van der Waals surface area contributed by atoms with Crippen molar-refractivity contribution in [1.29, 1.82) is 0 Å². The third-order valence-electron chi connectivity index (χ3n) is 3.42. The lowest BCUT2D eigenvalue weighted by Gasteiger charge is -2.22. The van der Waals surface area contributed by atoms with Crippen molar-refractivity contribution in [2.75, 3.05) is 18.4 Å². The molecule has 1 amide bonds. The number of piperidine rings is 1. The molecule has 2 heterocycles. The topological polar surface area (TPSA) is 71.8 Å². The lowest BCUT2D eigenvalue weighted by Crippen LogP contribution is -2.31. The third-order valence-corrected chi connectivity index (χ3v) is 3.42. The molecular formula is C14H17N5O. The van der Waals surface area contributed by atoms with Crippen LogP contribution in [0.2, 0.25) is 0 Å². The molecule has 1 aromatic carbocycles. The van der Waals surface area contributed by atoms with E-state index in [0.29, 0.717) is 5.69 Å². The summed E-state index contributed by atoms with van der Waals surface area (Å²) in [5.74, 6) is -0.230. The summed E-state index contributed by atoms with van der Waals surface area (Å²) >= 11 is 0. The molecule has 1 fully saturated rings. The van der Waals surface area contributed by atoms with Gasteiger partial charge in [0.05, 0.1) is 12.2 Å². The summed E-state index contributed by atoms with van der Waals surface area (Å²) in [5, 5.41) is 14.2. The van der Waals surface area contributed by atoms with Gasteiger partial charge >= 0.3 is 0 Å². The second kappa shape index (κ2) is 5.83.